The van der Waals surface area contributed by atoms with E-state index in [0.717, 1.165) is 122 Å². The Morgan fingerprint density at radius 3 is 0.938 bits per heavy atom. The molecule has 1 atom stereocenters. The molecule has 0 aliphatic carbocycles. The Balaban J connectivity index is 3.57. The Kier molecular flexibility index (Phi) is 50.5. The van der Waals surface area contributed by atoms with Gasteiger partial charge in [0.15, 0.2) is 6.10 Å². The smallest absolute Gasteiger partial charge is 0.306 e. The number of esters is 2. The van der Waals surface area contributed by atoms with Crippen molar-refractivity contribution in [1.29, 1.82) is 0 Å². The lowest BCUT2D eigenvalue weighted by Crippen LogP contribution is -2.28. The maximum absolute atomic E-state index is 12.3. The zero-order valence-corrected chi connectivity index (χ0v) is 41.2. The topological polar surface area (TPSA) is 72.8 Å². The molecule has 5 heteroatoms. The minimum atomic E-state index is -0.790. The molecule has 0 amide bonds. The predicted octanol–water partition coefficient (Wildman–Crippen LogP) is 17.5. The van der Waals surface area contributed by atoms with Crippen LogP contribution in [0.2, 0.25) is 0 Å². The van der Waals surface area contributed by atoms with Gasteiger partial charge in [0.25, 0.3) is 0 Å². The molecule has 1 N–H and O–H groups in total. The average Bonchev–Trinajstić information content (AvgIpc) is 3.30. The van der Waals surface area contributed by atoms with Crippen molar-refractivity contribution in [2.45, 2.75) is 225 Å². The Morgan fingerprint density at radius 1 is 0.359 bits per heavy atom. The monoisotopic (exact) mass is 885 g/mol. The molecular formula is C59H96O5. The molecule has 0 saturated heterocycles. The lowest BCUT2D eigenvalue weighted by molar-refractivity contribution is -0.161. The van der Waals surface area contributed by atoms with E-state index in [1.807, 2.05) is 0 Å². The molecule has 0 aliphatic heterocycles. The first-order valence-corrected chi connectivity index (χ1v) is 26.1. The van der Waals surface area contributed by atoms with E-state index in [4.69, 9.17) is 9.47 Å². The fourth-order valence-electron chi connectivity index (χ4n) is 6.90. The summed E-state index contributed by atoms with van der Waals surface area (Å²) in [6, 6.07) is 0. The van der Waals surface area contributed by atoms with Crippen LogP contribution in [0.25, 0.3) is 0 Å². The number of aliphatic hydroxyl groups is 1. The second-order valence-corrected chi connectivity index (χ2v) is 16.8. The third-order valence-corrected chi connectivity index (χ3v) is 10.8. The Labute approximate surface area is 394 Å². The third-order valence-electron chi connectivity index (χ3n) is 10.8. The Morgan fingerprint density at radius 2 is 0.625 bits per heavy atom. The van der Waals surface area contributed by atoms with E-state index in [0.29, 0.717) is 12.8 Å². The van der Waals surface area contributed by atoms with Gasteiger partial charge in [0.2, 0.25) is 0 Å². The molecule has 0 fully saturated rings. The first kappa shape index (κ1) is 60.3. The van der Waals surface area contributed by atoms with Crippen LogP contribution in [0.4, 0.5) is 0 Å². The predicted molar refractivity (Wildman–Crippen MR) is 278 cm³/mol. The van der Waals surface area contributed by atoms with E-state index in [9.17, 15) is 14.7 Å². The van der Waals surface area contributed by atoms with Gasteiger partial charge in [-0.05, 0) is 103 Å². The quantitative estimate of drug-likeness (QED) is 0.0375. The summed E-state index contributed by atoms with van der Waals surface area (Å²) >= 11 is 0. The summed E-state index contributed by atoms with van der Waals surface area (Å²) in [4.78, 5) is 24.5. The van der Waals surface area contributed by atoms with Gasteiger partial charge in [-0.3, -0.25) is 9.59 Å². The summed E-state index contributed by atoms with van der Waals surface area (Å²) in [6.45, 7) is 3.89. The van der Waals surface area contributed by atoms with Crippen molar-refractivity contribution in [3.8, 4) is 0 Å². The van der Waals surface area contributed by atoms with Gasteiger partial charge < -0.3 is 14.6 Å². The van der Waals surface area contributed by atoms with Crippen LogP contribution in [0.5, 0.6) is 0 Å². The van der Waals surface area contributed by atoms with E-state index < -0.39 is 6.10 Å². The van der Waals surface area contributed by atoms with Crippen LogP contribution in [0.1, 0.15) is 219 Å². The first-order valence-electron chi connectivity index (χ1n) is 26.1. The van der Waals surface area contributed by atoms with Crippen LogP contribution in [0.3, 0.4) is 0 Å². The van der Waals surface area contributed by atoms with Crippen LogP contribution in [0.15, 0.2) is 122 Å². The highest BCUT2D eigenvalue weighted by Crippen LogP contribution is 2.15. The number of hydrogen-bond acceptors (Lipinski definition) is 5. The molecule has 0 aromatic carbocycles. The number of ether oxygens (including phenoxy) is 2. The largest absolute Gasteiger partial charge is 0.462 e. The van der Waals surface area contributed by atoms with Crippen molar-refractivity contribution in [2.75, 3.05) is 13.2 Å². The zero-order chi connectivity index (χ0) is 46.3. The van der Waals surface area contributed by atoms with Gasteiger partial charge >= 0.3 is 11.9 Å². The molecule has 0 rings (SSSR count). The fraction of sp³-hybridized carbons (Fsp3) is 0.627. The summed E-state index contributed by atoms with van der Waals surface area (Å²) in [6.07, 6.45) is 78.6. The van der Waals surface area contributed by atoms with Gasteiger partial charge in [-0.2, -0.15) is 0 Å². The normalized spacial score (nSPS) is 13.2. The first-order chi connectivity index (χ1) is 31.6. The Hall–Kier alpha value is -3.70. The number of unbranched alkanes of at least 4 members (excludes halogenated alkanes) is 18. The Bertz CT molecular complexity index is 1320. The van der Waals surface area contributed by atoms with E-state index >= 15 is 0 Å². The minimum Gasteiger partial charge on any atom is -0.462 e. The molecule has 0 aromatic rings. The molecule has 0 spiro atoms. The van der Waals surface area contributed by atoms with Gasteiger partial charge in [0.1, 0.15) is 6.61 Å². The third kappa shape index (κ3) is 50.9. The van der Waals surface area contributed by atoms with Crippen LogP contribution in [0, 0.1) is 0 Å². The van der Waals surface area contributed by atoms with Gasteiger partial charge in [0.05, 0.1) is 6.61 Å². The number of carbonyl (C=O) groups excluding carboxylic acids is 2. The maximum atomic E-state index is 12.3. The van der Waals surface area contributed by atoms with Crippen LogP contribution < -0.4 is 0 Å². The number of rotatable bonds is 46. The van der Waals surface area contributed by atoms with Crippen molar-refractivity contribution in [3.63, 3.8) is 0 Å². The molecule has 362 valence electrons. The van der Waals surface area contributed by atoms with E-state index in [2.05, 4.69) is 135 Å². The summed E-state index contributed by atoms with van der Waals surface area (Å²) in [5.41, 5.74) is 0. The standard InChI is InChI=1S/C59H96O5/c1-3-5-7-9-11-13-15-17-19-21-23-25-26-27-28-29-30-31-32-34-36-38-40-42-44-46-48-50-52-54-59(62)64-57(55-60)56-63-58(61)53-51-49-47-45-43-41-39-37-35-33-24-22-20-18-16-14-12-10-8-6-4-2/h5-8,11-14,17-20,23-25,27-28,33,37,39,57,60H,3-4,9-10,15-16,21-22,26,29-32,34-36,38,40-56H2,1-2H3/b7-5-,8-6-,13-11-,14-12-,19-17-,20-18-,25-23-,28-27-,33-24-,39-37-. The molecule has 0 heterocycles. The summed E-state index contributed by atoms with van der Waals surface area (Å²) < 4.78 is 10.7. The van der Waals surface area contributed by atoms with Crippen molar-refractivity contribution in [3.05, 3.63) is 122 Å². The van der Waals surface area contributed by atoms with Crippen molar-refractivity contribution < 1.29 is 24.2 Å². The van der Waals surface area contributed by atoms with Gasteiger partial charge in [-0.1, -0.05) is 225 Å². The highest BCUT2D eigenvalue weighted by atomic mass is 16.6. The lowest BCUT2D eigenvalue weighted by Gasteiger charge is -2.15. The van der Waals surface area contributed by atoms with Crippen LogP contribution >= 0.6 is 0 Å². The zero-order valence-electron chi connectivity index (χ0n) is 41.2. The van der Waals surface area contributed by atoms with Gasteiger partial charge in [-0.15, -0.1) is 0 Å². The van der Waals surface area contributed by atoms with Crippen LogP contribution in [-0.2, 0) is 19.1 Å². The highest BCUT2D eigenvalue weighted by Gasteiger charge is 2.16. The second kappa shape index (κ2) is 53.6. The van der Waals surface area contributed by atoms with Crippen molar-refractivity contribution in [1.82, 2.24) is 0 Å². The molecule has 0 aromatic heterocycles. The van der Waals surface area contributed by atoms with Gasteiger partial charge in [-0.25, -0.2) is 0 Å². The highest BCUT2D eigenvalue weighted by molar-refractivity contribution is 5.70. The number of carbonyl (C=O) groups is 2. The maximum Gasteiger partial charge on any atom is 0.306 e. The minimum absolute atomic E-state index is 0.0832. The number of aliphatic hydroxyl groups excluding tert-OH is 1. The summed E-state index contributed by atoms with van der Waals surface area (Å²) in [5, 5.41) is 9.64. The van der Waals surface area contributed by atoms with Crippen molar-refractivity contribution >= 4 is 11.9 Å². The molecule has 64 heavy (non-hydrogen) atoms. The van der Waals surface area contributed by atoms with Gasteiger partial charge in [0, 0.05) is 12.8 Å². The molecular weight excluding hydrogens is 789 g/mol. The molecule has 0 aliphatic rings. The van der Waals surface area contributed by atoms with E-state index in [-0.39, 0.29) is 25.2 Å². The lowest BCUT2D eigenvalue weighted by atomic mass is 10.0. The fourth-order valence-corrected chi connectivity index (χ4v) is 6.90. The number of allylic oxidation sites excluding steroid dienone is 20. The second-order valence-electron chi connectivity index (χ2n) is 16.8. The summed E-state index contributed by atoms with van der Waals surface area (Å²) in [7, 11) is 0. The average molecular weight is 885 g/mol. The SMILES string of the molecule is CC/C=C\C/C=C\C/C=C\C/C=C\C/C=C\CCCCCCCCCCCCCCCC(=O)OC(CO)COC(=O)CCCCCCC/C=C\C/C=C\C/C=C\C/C=C\C/C=C\CC. The summed E-state index contributed by atoms with van der Waals surface area (Å²) in [5.74, 6) is -0.620. The molecule has 5 nitrogen and oxygen atoms in total. The molecule has 1 unspecified atom stereocenters. The number of hydrogen-bond donors (Lipinski definition) is 1. The van der Waals surface area contributed by atoms with Crippen molar-refractivity contribution in [2.24, 2.45) is 0 Å². The molecule has 0 bridgehead atoms. The van der Waals surface area contributed by atoms with E-state index in [1.54, 1.807) is 0 Å². The van der Waals surface area contributed by atoms with E-state index in [1.165, 1.54) is 70.6 Å². The molecule has 0 radical (unpaired) electrons. The molecule has 0 saturated carbocycles. The van der Waals surface area contributed by atoms with Crippen LogP contribution in [-0.4, -0.2) is 36.4 Å².